The lowest BCUT2D eigenvalue weighted by Crippen LogP contribution is -2.35. The second kappa shape index (κ2) is 7.10. The predicted molar refractivity (Wildman–Crippen MR) is 93.0 cm³/mol. The van der Waals surface area contributed by atoms with Gasteiger partial charge in [0.2, 0.25) is 15.9 Å². The zero-order valence-corrected chi connectivity index (χ0v) is 15.6. The molecule has 0 bridgehead atoms. The number of likely N-dealkylation sites (N-methyl/N-ethyl adjacent to an activating group) is 1. The molecule has 1 aromatic heterocycles. The molecule has 0 spiro atoms. The van der Waals surface area contributed by atoms with Crippen LogP contribution in [0.1, 0.15) is 11.4 Å². The number of H-pyrrole nitrogens is 1. The molecule has 0 saturated heterocycles. The van der Waals surface area contributed by atoms with Gasteiger partial charge >= 0.3 is 0 Å². The zero-order valence-electron chi connectivity index (χ0n) is 13.2. The highest BCUT2D eigenvalue weighted by Crippen LogP contribution is 2.25. The highest BCUT2D eigenvalue weighted by molar-refractivity contribution is 7.89. The molecule has 10 heteroatoms. The van der Waals surface area contributed by atoms with Crippen molar-refractivity contribution in [3.05, 3.63) is 39.6 Å². The molecule has 0 radical (unpaired) electrons. The van der Waals surface area contributed by atoms with Gasteiger partial charge in [-0.2, -0.15) is 9.40 Å². The largest absolute Gasteiger partial charge is 0.324 e. The summed E-state index contributed by atoms with van der Waals surface area (Å²) in [7, 11) is -2.51. The number of halogens is 2. The maximum Gasteiger partial charge on any atom is 0.246 e. The molecule has 0 fully saturated rings. The first-order valence-corrected chi connectivity index (χ1v) is 9.05. The summed E-state index contributed by atoms with van der Waals surface area (Å²) in [4.78, 5) is 12.2. The number of sulfonamides is 1. The van der Waals surface area contributed by atoms with E-state index in [1.807, 2.05) is 0 Å². The van der Waals surface area contributed by atoms with Crippen molar-refractivity contribution in [1.29, 1.82) is 0 Å². The van der Waals surface area contributed by atoms with Crippen molar-refractivity contribution in [3.8, 4) is 0 Å². The van der Waals surface area contributed by atoms with Gasteiger partial charge in [0.25, 0.3) is 0 Å². The first-order chi connectivity index (χ1) is 11.1. The van der Waals surface area contributed by atoms with Gasteiger partial charge in [-0.05, 0) is 32.0 Å². The molecular weight excluding hydrogens is 375 g/mol. The Bertz CT molecular complexity index is 861. The number of carbonyl (C=O) groups is 1. The van der Waals surface area contributed by atoms with Crippen LogP contribution >= 0.6 is 23.2 Å². The van der Waals surface area contributed by atoms with Gasteiger partial charge in [-0.3, -0.25) is 9.89 Å². The Kier molecular flexibility index (Phi) is 5.54. The fourth-order valence-corrected chi connectivity index (χ4v) is 4.05. The van der Waals surface area contributed by atoms with Crippen LogP contribution in [0.15, 0.2) is 23.1 Å². The van der Waals surface area contributed by atoms with Crippen LogP contribution in [0, 0.1) is 13.8 Å². The minimum atomic E-state index is -3.84. The topological polar surface area (TPSA) is 95.2 Å². The van der Waals surface area contributed by atoms with E-state index in [2.05, 4.69) is 15.5 Å². The Morgan fingerprint density at radius 1 is 1.33 bits per heavy atom. The summed E-state index contributed by atoms with van der Waals surface area (Å²) in [6.07, 6.45) is 0. The predicted octanol–water partition coefficient (Wildman–Crippen LogP) is 2.59. The maximum atomic E-state index is 12.6. The lowest BCUT2D eigenvalue weighted by molar-refractivity contribution is -0.116. The number of aromatic nitrogens is 2. The Morgan fingerprint density at radius 3 is 2.54 bits per heavy atom. The van der Waals surface area contributed by atoms with Crippen molar-refractivity contribution in [3.63, 3.8) is 0 Å². The third-order valence-electron chi connectivity index (χ3n) is 3.30. The van der Waals surface area contributed by atoms with Crippen molar-refractivity contribution in [1.82, 2.24) is 14.5 Å². The van der Waals surface area contributed by atoms with Crippen LogP contribution in [0.2, 0.25) is 10.0 Å². The molecule has 7 nitrogen and oxygen atoms in total. The molecule has 0 aliphatic carbocycles. The van der Waals surface area contributed by atoms with Crippen molar-refractivity contribution >= 4 is 44.8 Å². The molecule has 0 aliphatic heterocycles. The molecule has 1 heterocycles. The maximum absolute atomic E-state index is 12.6. The molecule has 2 aromatic rings. The minimum Gasteiger partial charge on any atom is -0.324 e. The van der Waals surface area contributed by atoms with Gasteiger partial charge < -0.3 is 5.32 Å². The van der Waals surface area contributed by atoms with Gasteiger partial charge in [0, 0.05) is 12.1 Å². The van der Waals surface area contributed by atoms with Crippen LogP contribution in [0.3, 0.4) is 0 Å². The molecule has 24 heavy (non-hydrogen) atoms. The van der Waals surface area contributed by atoms with Crippen molar-refractivity contribution in [2.75, 3.05) is 18.9 Å². The summed E-state index contributed by atoms with van der Waals surface area (Å²) in [5, 5.41) is 9.74. The highest BCUT2D eigenvalue weighted by Gasteiger charge is 2.28. The molecule has 2 N–H and O–H groups in total. The number of benzene rings is 1. The number of amides is 1. The van der Waals surface area contributed by atoms with E-state index in [0.717, 1.165) is 4.31 Å². The SMILES string of the molecule is Cc1n[nH]c(C)c1S(=O)(=O)N(C)CC(=O)Nc1ccc(Cl)cc1Cl. The number of rotatable bonds is 5. The first-order valence-electron chi connectivity index (χ1n) is 6.85. The van der Waals surface area contributed by atoms with Crippen LogP contribution in [0.4, 0.5) is 5.69 Å². The smallest absolute Gasteiger partial charge is 0.246 e. The van der Waals surface area contributed by atoms with Crippen LogP contribution < -0.4 is 5.32 Å². The van der Waals surface area contributed by atoms with E-state index in [-0.39, 0.29) is 16.5 Å². The van der Waals surface area contributed by atoms with Gasteiger partial charge in [0.1, 0.15) is 4.90 Å². The fraction of sp³-hybridized carbons (Fsp3) is 0.286. The van der Waals surface area contributed by atoms with Gasteiger partial charge in [0.15, 0.2) is 0 Å². The van der Waals surface area contributed by atoms with E-state index in [0.29, 0.717) is 22.1 Å². The first kappa shape index (κ1) is 18.7. The molecule has 130 valence electrons. The number of nitrogens with zero attached hydrogens (tertiary/aromatic N) is 2. The lowest BCUT2D eigenvalue weighted by Gasteiger charge is -2.17. The number of hydrogen-bond donors (Lipinski definition) is 2. The highest BCUT2D eigenvalue weighted by atomic mass is 35.5. The summed E-state index contributed by atoms with van der Waals surface area (Å²) in [5.41, 5.74) is 1.12. The van der Waals surface area contributed by atoms with Crippen molar-refractivity contribution in [2.24, 2.45) is 0 Å². The summed E-state index contributed by atoms with van der Waals surface area (Å²) in [6.45, 7) is 2.82. The molecule has 1 amide bonds. The Morgan fingerprint density at radius 2 is 2.00 bits per heavy atom. The van der Waals surface area contributed by atoms with E-state index >= 15 is 0 Å². The van der Waals surface area contributed by atoms with Crippen LogP contribution in [0.5, 0.6) is 0 Å². The van der Waals surface area contributed by atoms with Gasteiger partial charge in [-0.15, -0.1) is 0 Å². The van der Waals surface area contributed by atoms with Gasteiger partial charge in [-0.25, -0.2) is 8.42 Å². The minimum absolute atomic E-state index is 0.0716. The summed E-state index contributed by atoms with van der Waals surface area (Å²) < 4.78 is 26.1. The Hall–Kier alpha value is -1.61. The standard InChI is InChI=1S/C14H16Cl2N4O3S/c1-8-14(9(2)19-18-8)24(22,23)20(3)7-13(21)17-12-5-4-10(15)6-11(12)16/h4-6H,7H2,1-3H3,(H,17,21)(H,18,19). The molecule has 2 rings (SSSR count). The monoisotopic (exact) mass is 390 g/mol. The number of nitrogens with one attached hydrogen (secondary N) is 2. The number of aromatic amines is 1. The van der Waals surface area contributed by atoms with Crippen molar-refractivity contribution in [2.45, 2.75) is 18.7 Å². The van der Waals surface area contributed by atoms with E-state index in [1.54, 1.807) is 26.0 Å². The third-order valence-corrected chi connectivity index (χ3v) is 5.92. The number of anilines is 1. The Labute approximate surface area is 150 Å². The van der Waals surface area contributed by atoms with E-state index in [1.165, 1.54) is 13.1 Å². The average Bonchev–Trinajstić information content (AvgIpc) is 2.81. The molecule has 1 aromatic carbocycles. The molecule has 0 atom stereocenters. The molecule has 0 unspecified atom stereocenters. The van der Waals surface area contributed by atoms with E-state index < -0.39 is 15.9 Å². The quantitative estimate of drug-likeness (QED) is 0.819. The number of carbonyl (C=O) groups excluding carboxylic acids is 1. The van der Waals surface area contributed by atoms with Crippen LogP contribution in [-0.2, 0) is 14.8 Å². The summed E-state index contributed by atoms with van der Waals surface area (Å²) >= 11 is 11.8. The second-order valence-corrected chi connectivity index (χ2v) is 8.02. The zero-order chi connectivity index (χ0) is 18.1. The second-order valence-electron chi connectivity index (χ2n) is 5.20. The van der Waals surface area contributed by atoms with E-state index in [4.69, 9.17) is 23.2 Å². The Balaban J connectivity index is 2.14. The molecule has 0 saturated carbocycles. The third kappa shape index (κ3) is 3.89. The lowest BCUT2D eigenvalue weighted by atomic mass is 10.3. The van der Waals surface area contributed by atoms with Crippen LogP contribution in [0.25, 0.3) is 0 Å². The van der Waals surface area contributed by atoms with Gasteiger partial charge in [-0.1, -0.05) is 23.2 Å². The number of aryl methyl sites for hydroxylation is 2. The normalized spacial score (nSPS) is 11.8. The van der Waals surface area contributed by atoms with Gasteiger partial charge in [0.05, 0.1) is 28.6 Å². The van der Waals surface area contributed by atoms with Crippen molar-refractivity contribution < 1.29 is 13.2 Å². The van der Waals surface area contributed by atoms with Crippen LogP contribution in [-0.4, -0.2) is 42.4 Å². The summed E-state index contributed by atoms with van der Waals surface area (Å²) in [6, 6.07) is 4.60. The number of hydrogen-bond acceptors (Lipinski definition) is 4. The molecule has 0 aliphatic rings. The van der Waals surface area contributed by atoms with E-state index in [9.17, 15) is 13.2 Å². The average molecular weight is 391 g/mol. The summed E-state index contributed by atoms with van der Waals surface area (Å²) in [5.74, 6) is -0.524. The fourth-order valence-electron chi connectivity index (χ4n) is 2.14. The molecular formula is C14H16Cl2N4O3S.